The molecule has 1 aliphatic rings. The smallest absolute Gasteiger partial charge is 0.314 e. The zero-order valence-corrected chi connectivity index (χ0v) is 12.3. The number of hydrogen-bond donors (Lipinski definition) is 4. The van der Waals surface area contributed by atoms with E-state index in [2.05, 4.69) is 10.6 Å². The Morgan fingerprint density at radius 1 is 1.05 bits per heavy atom. The van der Waals surface area contributed by atoms with Crippen LogP contribution in [-0.2, 0) is 9.59 Å². The number of amides is 3. The summed E-state index contributed by atoms with van der Waals surface area (Å²) in [6.07, 6.45) is 4.81. The number of hydrogen-bond acceptors (Lipinski definition) is 3. The standard InChI is InChI=1S/C14H25N3O4/c15-12(18)3-1-2-8-16-14(21)17-9-10-4-6-11(7-5-10)13(19)20/h10-11H,1-9H2,(H2,15,18)(H,19,20)(H2,16,17,21). The second-order valence-corrected chi connectivity index (χ2v) is 5.62. The SMILES string of the molecule is NC(=O)CCCCNC(=O)NCC1CCC(C(=O)O)CC1. The molecule has 7 nitrogen and oxygen atoms in total. The molecule has 7 heteroatoms. The zero-order valence-electron chi connectivity index (χ0n) is 12.3. The van der Waals surface area contributed by atoms with Crippen LogP contribution in [0.4, 0.5) is 4.79 Å². The average molecular weight is 299 g/mol. The van der Waals surface area contributed by atoms with Gasteiger partial charge in [-0.3, -0.25) is 9.59 Å². The lowest BCUT2D eigenvalue weighted by molar-refractivity contribution is -0.143. The average Bonchev–Trinajstić information content (AvgIpc) is 2.44. The molecule has 1 aliphatic carbocycles. The first kappa shape index (κ1) is 17.3. The molecule has 120 valence electrons. The molecular formula is C14H25N3O4. The second kappa shape index (κ2) is 9.20. The molecular weight excluding hydrogens is 274 g/mol. The van der Waals surface area contributed by atoms with Crippen molar-refractivity contribution in [2.24, 2.45) is 17.6 Å². The maximum Gasteiger partial charge on any atom is 0.314 e. The van der Waals surface area contributed by atoms with E-state index in [1.807, 2.05) is 0 Å². The predicted octanol–water partition coefficient (Wildman–Crippen LogP) is 0.832. The number of carboxylic acids is 1. The number of carboxylic acid groups (broad SMARTS) is 1. The molecule has 0 bridgehead atoms. The minimum absolute atomic E-state index is 0.213. The van der Waals surface area contributed by atoms with Crippen LogP contribution in [-0.4, -0.2) is 36.1 Å². The van der Waals surface area contributed by atoms with Gasteiger partial charge in [-0.25, -0.2) is 4.79 Å². The van der Waals surface area contributed by atoms with E-state index in [0.717, 1.165) is 19.3 Å². The van der Waals surface area contributed by atoms with Crippen LogP contribution in [0.2, 0.25) is 0 Å². The van der Waals surface area contributed by atoms with Crippen LogP contribution in [0.3, 0.4) is 0 Å². The maximum atomic E-state index is 11.5. The van der Waals surface area contributed by atoms with Crippen LogP contribution in [0, 0.1) is 11.8 Å². The van der Waals surface area contributed by atoms with Crippen molar-refractivity contribution in [1.29, 1.82) is 0 Å². The third kappa shape index (κ3) is 7.53. The van der Waals surface area contributed by atoms with Crippen molar-refractivity contribution in [3.05, 3.63) is 0 Å². The minimum atomic E-state index is -0.713. The molecule has 0 aromatic rings. The summed E-state index contributed by atoms with van der Waals surface area (Å²) in [5.74, 6) is -0.895. The molecule has 0 aliphatic heterocycles. The highest BCUT2D eigenvalue weighted by Gasteiger charge is 2.25. The van der Waals surface area contributed by atoms with Crippen LogP contribution in [0.15, 0.2) is 0 Å². The van der Waals surface area contributed by atoms with Crippen LogP contribution in [0.5, 0.6) is 0 Å². The molecule has 0 saturated heterocycles. The van der Waals surface area contributed by atoms with Gasteiger partial charge in [0, 0.05) is 19.5 Å². The summed E-state index contributed by atoms with van der Waals surface area (Å²) < 4.78 is 0. The van der Waals surface area contributed by atoms with Crippen LogP contribution < -0.4 is 16.4 Å². The Morgan fingerprint density at radius 3 is 2.29 bits per heavy atom. The summed E-state index contributed by atoms with van der Waals surface area (Å²) in [5.41, 5.74) is 5.02. The molecule has 21 heavy (non-hydrogen) atoms. The molecule has 0 aromatic heterocycles. The van der Waals surface area contributed by atoms with E-state index < -0.39 is 5.97 Å². The van der Waals surface area contributed by atoms with E-state index in [-0.39, 0.29) is 17.9 Å². The predicted molar refractivity (Wildman–Crippen MR) is 77.5 cm³/mol. The van der Waals surface area contributed by atoms with Crippen molar-refractivity contribution in [3.8, 4) is 0 Å². The van der Waals surface area contributed by atoms with Gasteiger partial charge in [-0.1, -0.05) is 0 Å². The number of carbonyl (C=O) groups excluding carboxylic acids is 2. The third-order valence-corrected chi connectivity index (χ3v) is 3.88. The van der Waals surface area contributed by atoms with Gasteiger partial charge in [-0.2, -0.15) is 0 Å². The first-order valence-electron chi connectivity index (χ1n) is 7.52. The number of nitrogens with two attached hydrogens (primary N) is 1. The van der Waals surface area contributed by atoms with Gasteiger partial charge in [0.05, 0.1) is 5.92 Å². The van der Waals surface area contributed by atoms with Crippen molar-refractivity contribution in [1.82, 2.24) is 10.6 Å². The van der Waals surface area contributed by atoms with Gasteiger partial charge in [-0.05, 0) is 44.4 Å². The quantitative estimate of drug-likeness (QED) is 0.496. The number of urea groups is 1. The second-order valence-electron chi connectivity index (χ2n) is 5.62. The van der Waals surface area contributed by atoms with Crippen molar-refractivity contribution in [2.75, 3.05) is 13.1 Å². The summed E-state index contributed by atoms with van der Waals surface area (Å²) in [4.78, 5) is 32.9. The monoisotopic (exact) mass is 299 g/mol. The van der Waals surface area contributed by atoms with Gasteiger partial charge in [0.1, 0.15) is 0 Å². The lowest BCUT2D eigenvalue weighted by Crippen LogP contribution is -2.39. The van der Waals surface area contributed by atoms with E-state index in [1.54, 1.807) is 0 Å². The van der Waals surface area contributed by atoms with Crippen molar-refractivity contribution in [3.63, 3.8) is 0 Å². The molecule has 0 unspecified atom stereocenters. The number of unbranched alkanes of at least 4 members (excludes halogenated alkanes) is 1. The largest absolute Gasteiger partial charge is 0.481 e. The Hall–Kier alpha value is -1.79. The molecule has 0 radical (unpaired) electrons. The number of rotatable bonds is 8. The fourth-order valence-electron chi connectivity index (χ4n) is 2.54. The van der Waals surface area contributed by atoms with Crippen molar-refractivity contribution in [2.45, 2.75) is 44.9 Å². The lowest BCUT2D eigenvalue weighted by atomic mass is 9.82. The van der Waals surface area contributed by atoms with Crippen molar-refractivity contribution < 1.29 is 19.5 Å². The molecule has 5 N–H and O–H groups in total. The molecule has 1 rings (SSSR count). The molecule has 0 heterocycles. The van der Waals surface area contributed by atoms with Gasteiger partial charge >= 0.3 is 12.0 Å². The first-order valence-corrected chi connectivity index (χ1v) is 7.52. The van der Waals surface area contributed by atoms with E-state index in [9.17, 15) is 14.4 Å². The fraction of sp³-hybridized carbons (Fsp3) is 0.786. The summed E-state index contributed by atoms with van der Waals surface area (Å²) in [5, 5.41) is 14.4. The number of carbonyl (C=O) groups is 3. The Bertz CT molecular complexity index is 365. The zero-order chi connectivity index (χ0) is 15.7. The normalized spacial score (nSPS) is 21.5. The van der Waals surface area contributed by atoms with Gasteiger partial charge in [0.15, 0.2) is 0 Å². The minimum Gasteiger partial charge on any atom is -0.481 e. The number of primary amides is 1. The van der Waals surface area contributed by atoms with Crippen LogP contribution >= 0.6 is 0 Å². The summed E-state index contributed by atoms with van der Waals surface area (Å²) in [6.45, 7) is 1.10. The van der Waals surface area contributed by atoms with Crippen LogP contribution in [0.1, 0.15) is 44.9 Å². The van der Waals surface area contributed by atoms with E-state index in [4.69, 9.17) is 10.8 Å². The topological polar surface area (TPSA) is 122 Å². The Labute approximate surface area is 124 Å². The molecule has 0 spiro atoms. The summed E-state index contributed by atoms with van der Waals surface area (Å²) >= 11 is 0. The Morgan fingerprint density at radius 2 is 1.71 bits per heavy atom. The first-order chi connectivity index (χ1) is 9.99. The molecule has 1 fully saturated rings. The Kier molecular flexibility index (Phi) is 7.56. The maximum absolute atomic E-state index is 11.5. The molecule has 1 saturated carbocycles. The summed E-state index contributed by atoms with van der Waals surface area (Å²) in [7, 11) is 0. The van der Waals surface area contributed by atoms with Gasteiger partial charge in [-0.15, -0.1) is 0 Å². The number of nitrogens with one attached hydrogen (secondary N) is 2. The van der Waals surface area contributed by atoms with E-state index in [1.165, 1.54) is 0 Å². The van der Waals surface area contributed by atoms with E-state index in [0.29, 0.717) is 44.7 Å². The third-order valence-electron chi connectivity index (χ3n) is 3.88. The van der Waals surface area contributed by atoms with Gasteiger partial charge in [0.2, 0.25) is 5.91 Å². The number of aliphatic carboxylic acids is 1. The van der Waals surface area contributed by atoms with Gasteiger partial charge < -0.3 is 21.5 Å². The van der Waals surface area contributed by atoms with E-state index >= 15 is 0 Å². The van der Waals surface area contributed by atoms with Crippen molar-refractivity contribution >= 4 is 17.9 Å². The summed E-state index contributed by atoms with van der Waals surface area (Å²) in [6, 6.07) is -0.213. The molecule has 0 atom stereocenters. The molecule has 3 amide bonds. The lowest BCUT2D eigenvalue weighted by Gasteiger charge is -2.26. The highest BCUT2D eigenvalue weighted by Crippen LogP contribution is 2.28. The Balaban J connectivity index is 2.03. The highest BCUT2D eigenvalue weighted by molar-refractivity contribution is 5.74. The fourth-order valence-corrected chi connectivity index (χ4v) is 2.54. The highest BCUT2D eigenvalue weighted by atomic mass is 16.4. The van der Waals surface area contributed by atoms with Crippen LogP contribution in [0.25, 0.3) is 0 Å². The molecule has 0 aromatic carbocycles. The van der Waals surface area contributed by atoms with Gasteiger partial charge in [0.25, 0.3) is 0 Å².